The summed E-state index contributed by atoms with van der Waals surface area (Å²) in [5.74, 6) is 0. The molecule has 164 valence electrons. The van der Waals surface area contributed by atoms with Crippen molar-refractivity contribution < 1.29 is 0 Å². The van der Waals surface area contributed by atoms with Crippen LogP contribution >= 0.6 is 0 Å². The van der Waals surface area contributed by atoms with Gasteiger partial charge in [0.25, 0.3) is 0 Å². The molecule has 1 aliphatic heterocycles. The molecule has 0 spiro atoms. The van der Waals surface area contributed by atoms with E-state index < -0.39 is 0 Å². The smallest absolute Gasteiger partial charge is 0.0625 e. The molecule has 0 radical (unpaired) electrons. The third kappa shape index (κ3) is 1.86. The van der Waals surface area contributed by atoms with E-state index in [1.807, 2.05) is 0 Å². The van der Waals surface area contributed by atoms with E-state index in [1.165, 1.54) is 76.7 Å². The maximum Gasteiger partial charge on any atom is 0.0625 e. The lowest BCUT2D eigenvalue weighted by molar-refractivity contribution is 0.637. The lowest BCUT2D eigenvalue weighted by Gasteiger charge is -2.35. The van der Waals surface area contributed by atoms with E-state index in [2.05, 4.69) is 120 Å². The second-order valence-electron chi connectivity index (χ2n) is 10.6. The molecule has 0 amide bonds. The molecule has 9 rings (SSSR count). The van der Waals surface area contributed by atoms with Crippen LogP contribution in [-0.4, -0.2) is 8.97 Å². The van der Waals surface area contributed by atoms with Gasteiger partial charge in [0.15, 0.2) is 0 Å². The second kappa shape index (κ2) is 5.67. The molecule has 0 N–H and O–H groups in total. The van der Waals surface area contributed by atoms with Gasteiger partial charge in [0.1, 0.15) is 0 Å². The fraction of sp³-hybridized carbons (Fsp3) is 0.0909. The molecular formula is C33H22N2. The minimum absolute atomic E-state index is 0.137. The van der Waals surface area contributed by atoms with Crippen LogP contribution in [0.3, 0.4) is 0 Å². The van der Waals surface area contributed by atoms with Crippen molar-refractivity contribution in [2.45, 2.75) is 19.3 Å². The van der Waals surface area contributed by atoms with Gasteiger partial charge < -0.3 is 8.97 Å². The van der Waals surface area contributed by atoms with E-state index in [4.69, 9.17) is 0 Å². The summed E-state index contributed by atoms with van der Waals surface area (Å²) in [4.78, 5) is 0. The number of rotatable bonds is 0. The van der Waals surface area contributed by atoms with E-state index >= 15 is 0 Å². The number of hydrogen-bond acceptors (Lipinski definition) is 0. The monoisotopic (exact) mass is 446 g/mol. The van der Waals surface area contributed by atoms with E-state index in [0.29, 0.717) is 0 Å². The number of hydrogen-bond donors (Lipinski definition) is 0. The first-order valence-corrected chi connectivity index (χ1v) is 12.4. The highest BCUT2D eigenvalue weighted by atomic mass is 15.0. The van der Waals surface area contributed by atoms with Gasteiger partial charge in [-0.15, -0.1) is 0 Å². The van der Waals surface area contributed by atoms with E-state index in [-0.39, 0.29) is 5.41 Å². The summed E-state index contributed by atoms with van der Waals surface area (Å²) in [5, 5.41) is 8.07. The first-order chi connectivity index (χ1) is 17.2. The summed E-state index contributed by atoms with van der Waals surface area (Å²) >= 11 is 0. The Bertz CT molecular complexity index is 2190. The Morgan fingerprint density at radius 1 is 0.543 bits per heavy atom. The molecule has 5 aromatic carbocycles. The van der Waals surface area contributed by atoms with Crippen molar-refractivity contribution in [3.8, 4) is 5.69 Å². The largest absolute Gasteiger partial charge is 0.309 e. The number of aromatic nitrogens is 2. The normalized spacial score (nSPS) is 14.8. The first-order valence-electron chi connectivity index (χ1n) is 12.4. The number of para-hydroxylation sites is 4. The average molecular weight is 447 g/mol. The summed E-state index contributed by atoms with van der Waals surface area (Å²) in [6, 6.07) is 36.0. The first kappa shape index (κ1) is 18.1. The van der Waals surface area contributed by atoms with Gasteiger partial charge in [-0.1, -0.05) is 86.6 Å². The minimum Gasteiger partial charge on any atom is -0.309 e. The van der Waals surface area contributed by atoms with Gasteiger partial charge in [-0.3, -0.25) is 0 Å². The van der Waals surface area contributed by atoms with Crippen LogP contribution < -0.4 is 0 Å². The molecule has 0 saturated carbocycles. The van der Waals surface area contributed by atoms with Crippen LogP contribution in [0.4, 0.5) is 0 Å². The highest BCUT2D eigenvalue weighted by Gasteiger charge is 2.38. The Labute approximate surface area is 202 Å². The minimum atomic E-state index is -0.137. The third-order valence-electron chi connectivity index (χ3n) is 8.59. The Hall–Kier alpha value is -4.30. The molecule has 3 aromatic heterocycles. The second-order valence-corrected chi connectivity index (χ2v) is 10.6. The van der Waals surface area contributed by atoms with Crippen molar-refractivity contribution in [2.24, 2.45) is 0 Å². The van der Waals surface area contributed by atoms with Gasteiger partial charge in [0, 0.05) is 37.7 Å². The van der Waals surface area contributed by atoms with Crippen LogP contribution in [0, 0.1) is 0 Å². The number of fused-ring (bicyclic) bond motifs is 12. The molecule has 0 saturated heterocycles. The molecular weight excluding hydrogens is 424 g/mol. The molecule has 0 bridgehead atoms. The van der Waals surface area contributed by atoms with Crippen molar-refractivity contribution in [3.05, 3.63) is 108 Å². The lowest BCUT2D eigenvalue weighted by atomic mass is 9.72. The van der Waals surface area contributed by atoms with Crippen molar-refractivity contribution in [1.82, 2.24) is 8.97 Å². The molecule has 2 heteroatoms. The fourth-order valence-electron chi connectivity index (χ4n) is 7.22. The molecule has 4 heterocycles. The molecule has 2 nitrogen and oxygen atoms in total. The van der Waals surface area contributed by atoms with E-state index in [9.17, 15) is 0 Å². The Kier molecular flexibility index (Phi) is 2.93. The fourth-order valence-corrected chi connectivity index (χ4v) is 7.22. The molecule has 1 aliphatic rings. The van der Waals surface area contributed by atoms with Crippen LogP contribution in [-0.2, 0) is 5.41 Å². The summed E-state index contributed by atoms with van der Waals surface area (Å²) in [5.41, 5.74) is 10.6. The maximum atomic E-state index is 2.55. The molecule has 0 atom stereocenters. The zero-order valence-corrected chi connectivity index (χ0v) is 19.6. The van der Waals surface area contributed by atoms with Crippen LogP contribution in [0.5, 0.6) is 0 Å². The molecule has 0 aliphatic carbocycles. The SMILES string of the molecule is CC1(C)c2c(cc3c4ccccc4n4c5ccccc5c2c34)-n2c3ccccc3c3cccc1c32. The Morgan fingerprint density at radius 2 is 1.14 bits per heavy atom. The van der Waals surface area contributed by atoms with Crippen molar-refractivity contribution >= 4 is 59.9 Å². The standard InChI is InChI=1S/C33H22N2/c1-33(2)24-14-9-13-21-19-10-3-6-15-25(19)35(31(21)24)28-18-23-20-11-4-7-16-26(20)34-27-17-8-5-12-22(27)29(30(28)33)32(23)34/h3-18H,1-2H3. The lowest BCUT2D eigenvalue weighted by Crippen LogP contribution is -2.26. The summed E-state index contributed by atoms with van der Waals surface area (Å²) < 4.78 is 5.04. The Balaban J connectivity index is 1.66. The zero-order valence-electron chi connectivity index (χ0n) is 19.6. The van der Waals surface area contributed by atoms with Crippen molar-refractivity contribution in [2.75, 3.05) is 0 Å². The van der Waals surface area contributed by atoms with Crippen LogP contribution in [0.1, 0.15) is 25.0 Å². The Morgan fingerprint density at radius 3 is 1.91 bits per heavy atom. The molecule has 0 fully saturated rings. The topological polar surface area (TPSA) is 9.34 Å². The predicted octanol–water partition coefficient (Wildman–Crippen LogP) is 8.57. The molecule has 35 heavy (non-hydrogen) atoms. The van der Waals surface area contributed by atoms with Gasteiger partial charge in [-0.25, -0.2) is 0 Å². The quantitative estimate of drug-likeness (QED) is 0.221. The van der Waals surface area contributed by atoms with E-state index in [0.717, 1.165) is 0 Å². The van der Waals surface area contributed by atoms with Gasteiger partial charge in [-0.2, -0.15) is 0 Å². The summed E-state index contributed by atoms with van der Waals surface area (Å²) in [7, 11) is 0. The molecule has 0 unspecified atom stereocenters. The van der Waals surface area contributed by atoms with Gasteiger partial charge in [0.05, 0.1) is 33.3 Å². The van der Waals surface area contributed by atoms with Gasteiger partial charge in [0.2, 0.25) is 0 Å². The summed E-state index contributed by atoms with van der Waals surface area (Å²) in [6.07, 6.45) is 0. The highest BCUT2D eigenvalue weighted by molar-refractivity contribution is 6.26. The zero-order chi connectivity index (χ0) is 23.1. The van der Waals surface area contributed by atoms with Crippen LogP contribution in [0.2, 0.25) is 0 Å². The van der Waals surface area contributed by atoms with Crippen molar-refractivity contribution in [3.63, 3.8) is 0 Å². The molecule has 8 aromatic rings. The number of nitrogens with zero attached hydrogens (tertiary/aromatic N) is 2. The summed E-state index contributed by atoms with van der Waals surface area (Å²) in [6.45, 7) is 4.83. The van der Waals surface area contributed by atoms with E-state index in [1.54, 1.807) is 0 Å². The third-order valence-corrected chi connectivity index (χ3v) is 8.59. The average Bonchev–Trinajstić information content (AvgIpc) is 3.52. The van der Waals surface area contributed by atoms with Gasteiger partial charge >= 0.3 is 0 Å². The van der Waals surface area contributed by atoms with Gasteiger partial charge in [-0.05, 0) is 35.4 Å². The number of benzene rings is 5. The van der Waals surface area contributed by atoms with Crippen molar-refractivity contribution in [1.29, 1.82) is 0 Å². The van der Waals surface area contributed by atoms with Crippen LogP contribution in [0.15, 0.2) is 97.1 Å². The predicted molar refractivity (Wildman–Crippen MR) is 148 cm³/mol. The highest BCUT2D eigenvalue weighted by Crippen LogP contribution is 2.53. The van der Waals surface area contributed by atoms with Crippen LogP contribution in [0.25, 0.3) is 65.6 Å². The maximum absolute atomic E-state index is 2.55.